The molecule has 1 rings (SSSR count). The quantitative estimate of drug-likeness (QED) is 0.737. The Morgan fingerprint density at radius 3 is 2.67 bits per heavy atom. The van der Waals surface area contributed by atoms with Gasteiger partial charge in [-0.1, -0.05) is 6.92 Å². The lowest BCUT2D eigenvalue weighted by Crippen LogP contribution is -2.32. The van der Waals surface area contributed by atoms with Gasteiger partial charge in [0.2, 0.25) is 0 Å². The molecule has 0 saturated carbocycles. The average molecular weight is 270 g/mol. The molecule has 0 bridgehead atoms. The van der Waals surface area contributed by atoms with Gasteiger partial charge in [-0.3, -0.25) is 4.90 Å². The van der Waals surface area contributed by atoms with E-state index in [-0.39, 0.29) is 0 Å². The molecule has 2 N–H and O–H groups in total. The fourth-order valence-electron chi connectivity index (χ4n) is 1.82. The van der Waals surface area contributed by atoms with Crippen LogP contribution in [0.25, 0.3) is 0 Å². The van der Waals surface area contributed by atoms with Crippen LogP contribution in [0.4, 0.5) is 0 Å². The topological polar surface area (TPSA) is 45.4 Å². The van der Waals surface area contributed by atoms with Crippen molar-refractivity contribution >= 4 is 11.3 Å². The molecule has 0 atom stereocenters. The largest absolute Gasteiger partial charge is 0.330 e. The standard InChI is InChI=1S/C13H26N4S/c1-4-7-17(9-8-16(2)3)10-12-11-18-13(15-12)5-6-14/h11H,4-10,14H2,1-3H3. The van der Waals surface area contributed by atoms with E-state index in [0.717, 1.165) is 37.6 Å². The second-order valence-electron chi connectivity index (χ2n) is 4.85. The minimum atomic E-state index is 0.687. The Balaban J connectivity index is 2.47. The summed E-state index contributed by atoms with van der Waals surface area (Å²) < 4.78 is 0. The van der Waals surface area contributed by atoms with Gasteiger partial charge < -0.3 is 10.6 Å². The molecule has 5 heteroatoms. The Morgan fingerprint density at radius 2 is 2.06 bits per heavy atom. The zero-order chi connectivity index (χ0) is 13.4. The summed E-state index contributed by atoms with van der Waals surface area (Å²) in [6, 6.07) is 0. The fraction of sp³-hybridized carbons (Fsp3) is 0.769. The van der Waals surface area contributed by atoms with Gasteiger partial charge in [-0.25, -0.2) is 4.98 Å². The molecule has 0 aliphatic carbocycles. The predicted molar refractivity (Wildman–Crippen MR) is 79.0 cm³/mol. The van der Waals surface area contributed by atoms with Gasteiger partial charge in [-0.2, -0.15) is 0 Å². The minimum Gasteiger partial charge on any atom is -0.330 e. The number of hydrogen-bond acceptors (Lipinski definition) is 5. The SMILES string of the molecule is CCCN(CCN(C)C)Cc1csc(CCN)n1. The molecule has 0 unspecified atom stereocenters. The van der Waals surface area contributed by atoms with Crippen LogP contribution in [-0.2, 0) is 13.0 Å². The van der Waals surface area contributed by atoms with Crippen molar-refractivity contribution in [3.05, 3.63) is 16.1 Å². The summed E-state index contributed by atoms with van der Waals surface area (Å²) in [5.74, 6) is 0. The van der Waals surface area contributed by atoms with E-state index in [9.17, 15) is 0 Å². The fourth-order valence-corrected chi connectivity index (χ4v) is 2.62. The monoisotopic (exact) mass is 270 g/mol. The van der Waals surface area contributed by atoms with Crippen molar-refractivity contribution in [1.29, 1.82) is 0 Å². The first-order valence-corrected chi connectivity index (χ1v) is 7.54. The van der Waals surface area contributed by atoms with Crippen molar-refractivity contribution < 1.29 is 0 Å². The summed E-state index contributed by atoms with van der Waals surface area (Å²) in [6.45, 7) is 7.21. The summed E-state index contributed by atoms with van der Waals surface area (Å²) in [5, 5.41) is 3.33. The first-order valence-electron chi connectivity index (χ1n) is 6.66. The van der Waals surface area contributed by atoms with E-state index >= 15 is 0 Å². The van der Waals surface area contributed by atoms with Crippen LogP contribution in [0.1, 0.15) is 24.0 Å². The summed E-state index contributed by atoms with van der Waals surface area (Å²) in [4.78, 5) is 9.33. The zero-order valence-electron chi connectivity index (χ0n) is 11.9. The van der Waals surface area contributed by atoms with E-state index in [1.807, 2.05) is 0 Å². The number of hydrogen-bond donors (Lipinski definition) is 1. The second kappa shape index (κ2) is 8.58. The van der Waals surface area contributed by atoms with Crippen LogP contribution in [0, 0.1) is 0 Å². The Bertz CT molecular complexity index is 325. The van der Waals surface area contributed by atoms with Crippen LogP contribution in [0.15, 0.2) is 5.38 Å². The van der Waals surface area contributed by atoms with E-state index in [2.05, 4.69) is 41.2 Å². The van der Waals surface area contributed by atoms with Gasteiger partial charge in [0.1, 0.15) is 0 Å². The highest BCUT2D eigenvalue weighted by molar-refractivity contribution is 7.09. The maximum Gasteiger partial charge on any atom is 0.0941 e. The molecule has 0 saturated heterocycles. The number of thiazole rings is 1. The number of likely N-dealkylation sites (N-methyl/N-ethyl adjacent to an activating group) is 1. The van der Waals surface area contributed by atoms with Gasteiger partial charge >= 0.3 is 0 Å². The Kier molecular flexibility index (Phi) is 7.42. The van der Waals surface area contributed by atoms with E-state index in [0.29, 0.717) is 6.54 Å². The molecule has 0 fully saturated rings. The average Bonchev–Trinajstić information content (AvgIpc) is 2.74. The van der Waals surface area contributed by atoms with E-state index in [4.69, 9.17) is 5.73 Å². The number of aromatic nitrogens is 1. The molecular weight excluding hydrogens is 244 g/mol. The molecule has 1 aromatic heterocycles. The smallest absolute Gasteiger partial charge is 0.0941 e. The maximum absolute atomic E-state index is 5.55. The summed E-state index contributed by atoms with van der Waals surface area (Å²) in [7, 11) is 4.23. The third-order valence-corrected chi connectivity index (χ3v) is 3.70. The first kappa shape index (κ1) is 15.6. The lowest BCUT2D eigenvalue weighted by molar-refractivity contribution is 0.232. The molecule has 0 spiro atoms. The lowest BCUT2D eigenvalue weighted by atomic mass is 10.3. The van der Waals surface area contributed by atoms with Crippen molar-refractivity contribution in [2.45, 2.75) is 26.3 Å². The van der Waals surface area contributed by atoms with Crippen LogP contribution < -0.4 is 5.73 Å². The normalized spacial score (nSPS) is 11.7. The first-order chi connectivity index (χ1) is 8.65. The molecule has 0 aliphatic rings. The van der Waals surface area contributed by atoms with Crippen LogP contribution >= 0.6 is 11.3 Å². The minimum absolute atomic E-state index is 0.687. The Morgan fingerprint density at radius 1 is 1.28 bits per heavy atom. The molecule has 18 heavy (non-hydrogen) atoms. The van der Waals surface area contributed by atoms with Gasteiger partial charge in [0.25, 0.3) is 0 Å². The molecule has 0 radical (unpaired) electrons. The van der Waals surface area contributed by atoms with Crippen molar-refractivity contribution in [1.82, 2.24) is 14.8 Å². The Labute approximate surface area is 115 Å². The van der Waals surface area contributed by atoms with Crippen LogP contribution in [0.2, 0.25) is 0 Å². The summed E-state index contributed by atoms with van der Waals surface area (Å²) in [5.41, 5.74) is 6.74. The number of nitrogens with two attached hydrogens (primary N) is 1. The van der Waals surface area contributed by atoms with Crippen molar-refractivity contribution in [3.8, 4) is 0 Å². The van der Waals surface area contributed by atoms with Crippen LogP contribution in [0.5, 0.6) is 0 Å². The van der Waals surface area contributed by atoms with Gasteiger partial charge in [-0.05, 0) is 33.6 Å². The third kappa shape index (κ3) is 5.91. The third-order valence-electron chi connectivity index (χ3n) is 2.75. The maximum atomic E-state index is 5.55. The van der Waals surface area contributed by atoms with Gasteiger partial charge in [0, 0.05) is 31.4 Å². The molecule has 0 amide bonds. The molecule has 104 valence electrons. The second-order valence-corrected chi connectivity index (χ2v) is 5.79. The van der Waals surface area contributed by atoms with Crippen molar-refractivity contribution in [2.24, 2.45) is 5.73 Å². The highest BCUT2D eigenvalue weighted by atomic mass is 32.1. The zero-order valence-corrected chi connectivity index (χ0v) is 12.7. The molecule has 0 aromatic carbocycles. The molecule has 0 aliphatic heterocycles. The molecular formula is C13H26N4S. The molecule has 4 nitrogen and oxygen atoms in total. The van der Waals surface area contributed by atoms with Crippen molar-refractivity contribution in [2.75, 3.05) is 40.3 Å². The van der Waals surface area contributed by atoms with E-state index in [1.54, 1.807) is 11.3 Å². The highest BCUT2D eigenvalue weighted by Gasteiger charge is 2.08. The predicted octanol–water partition coefficient (Wildman–Crippen LogP) is 1.42. The molecule has 1 heterocycles. The van der Waals surface area contributed by atoms with Gasteiger partial charge in [0.05, 0.1) is 10.7 Å². The molecule has 1 aromatic rings. The number of rotatable bonds is 9. The van der Waals surface area contributed by atoms with Crippen molar-refractivity contribution in [3.63, 3.8) is 0 Å². The summed E-state index contributed by atoms with van der Waals surface area (Å²) in [6.07, 6.45) is 2.09. The summed E-state index contributed by atoms with van der Waals surface area (Å²) >= 11 is 1.73. The van der Waals surface area contributed by atoms with Crippen LogP contribution in [0.3, 0.4) is 0 Å². The lowest BCUT2D eigenvalue weighted by Gasteiger charge is -2.22. The number of nitrogens with zero attached hydrogens (tertiary/aromatic N) is 3. The van der Waals surface area contributed by atoms with E-state index in [1.165, 1.54) is 12.1 Å². The van der Waals surface area contributed by atoms with Crippen LogP contribution in [-0.4, -0.2) is 55.1 Å². The highest BCUT2D eigenvalue weighted by Crippen LogP contribution is 2.12. The van der Waals surface area contributed by atoms with Gasteiger partial charge in [0.15, 0.2) is 0 Å². The Hall–Kier alpha value is -0.490. The van der Waals surface area contributed by atoms with E-state index < -0.39 is 0 Å². The van der Waals surface area contributed by atoms with Gasteiger partial charge in [-0.15, -0.1) is 11.3 Å².